The summed E-state index contributed by atoms with van der Waals surface area (Å²) in [5, 5.41) is 2.59. The van der Waals surface area contributed by atoms with Gasteiger partial charge in [-0.1, -0.05) is 12.8 Å². The van der Waals surface area contributed by atoms with Gasteiger partial charge in [0.2, 0.25) is 17.7 Å². The van der Waals surface area contributed by atoms with E-state index >= 15 is 0 Å². The van der Waals surface area contributed by atoms with Crippen molar-refractivity contribution in [1.82, 2.24) is 19.7 Å². The van der Waals surface area contributed by atoms with Crippen molar-refractivity contribution >= 4 is 34.2 Å². The van der Waals surface area contributed by atoms with Crippen LogP contribution in [-0.2, 0) is 20.8 Å². The number of likely N-dealkylation sites (tertiary alicyclic amines) is 1. The van der Waals surface area contributed by atoms with Gasteiger partial charge in [-0.2, -0.15) is 0 Å². The summed E-state index contributed by atoms with van der Waals surface area (Å²) >= 11 is 1.43. The fourth-order valence-corrected chi connectivity index (χ4v) is 5.25. The predicted octanol–water partition coefficient (Wildman–Crippen LogP) is 1.36. The predicted molar refractivity (Wildman–Crippen MR) is 115 cm³/mol. The molecule has 4 heterocycles. The third-order valence-corrected chi connectivity index (χ3v) is 7.13. The number of aromatic nitrogens is 1. The summed E-state index contributed by atoms with van der Waals surface area (Å²) in [4.78, 5) is 49.4. The van der Waals surface area contributed by atoms with E-state index in [-0.39, 0.29) is 24.1 Å². The molecule has 3 aliphatic rings. The topological polar surface area (TPSA) is 77.1 Å². The number of hydrogen-bond acceptors (Lipinski definition) is 6. The minimum Gasteiger partial charge on any atom is -0.342 e. The van der Waals surface area contributed by atoms with E-state index in [0.29, 0.717) is 31.2 Å². The van der Waals surface area contributed by atoms with E-state index in [1.165, 1.54) is 24.2 Å². The van der Waals surface area contributed by atoms with Crippen molar-refractivity contribution < 1.29 is 14.4 Å². The molecule has 0 aromatic carbocycles. The number of carbonyl (C=O) groups is 3. The SMILES string of the molecule is O=C(Cc1csc(N2CCCC2=O)n1)N1CCN(CC(=O)N2CCCCCC2)CC1. The van der Waals surface area contributed by atoms with Gasteiger partial charge in [0.15, 0.2) is 5.13 Å². The summed E-state index contributed by atoms with van der Waals surface area (Å²) in [6.45, 7) is 5.71. The molecule has 1 aromatic heterocycles. The first-order chi connectivity index (χ1) is 14.6. The smallest absolute Gasteiger partial charge is 0.236 e. The number of amides is 3. The third kappa shape index (κ3) is 5.18. The van der Waals surface area contributed by atoms with Crippen molar-refractivity contribution in [3.8, 4) is 0 Å². The second-order valence-electron chi connectivity index (χ2n) is 8.40. The molecule has 0 N–H and O–H groups in total. The summed E-state index contributed by atoms with van der Waals surface area (Å²) in [6.07, 6.45) is 6.39. The first-order valence-electron chi connectivity index (χ1n) is 11.1. The lowest BCUT2D eigenvalue weighted by Crippen LogP contribution is -2.52. The standard InChI is InChI=1S/C21H31N5O3S/c27-18-6-5-9-26(18)21-22-17(16-30-21)14-19(28)25-12-10-23(11-13-25)15-20(29)24-7-3-1-2-4-8-24/h16H,1-15H2. The maximum absolute atomic E-state index is 12.7. The average Bonchev–Trinajstić information content (AvgIpc) is 3.28. The molecule has 0 aliphatic carbocycles. The number of nitrogens with zero attached hydrogens (tertiary/aromatic N) is 5. The first kappa shape index (κ1) is 21.2. The number of thiazole rings is 1. The van der Waals surface area contributed by atoms with Crippen molar-refractivity contribution in [3.63, 3.8) is 0 Å². The highest BCUT2D eigenvalue weighted by atomic mass is 32.1. The fourth-order valence-electron chi connectivity index (χ4n) is 4.39. The van der Waals surface area contributed by atoms with Crippen LogP contribution < -0.4 is 4.90 Å². The maximum atomic E-state index is 12.7. The Bertz CT molecular complexity index is 766. The Labute approximate surface area is 181 Å². The average molecular weight is 434 g/mol. The van der Waals surface area contributed by atoms with Crippen LogP contribution >= 0.6 is 11.3 Å². The summed E-state index contributed by atoms with van der Waals surface area (Å²) in [7, 11) is 0. The van der Waals surface area contributed by atoms with Crippen LogP contribution in [0.25, 0.3) is 0 Å². The Balaban J connectivity index is 1.22. The van der Waals surface area contributed by atoms with E-state index in [1.54, 1.807) is 4.90 Å². The van der Waals surface area contributed by atoms with Gasteiger partial charge in [0.25, 0.3) is 0 Å². The highest BCUT2D eigenvalue weighted by Crippen LogP contribution is 2.25. The lowest BCUT2D eigenvalue weighted by atomic mass is 10.2. The van der Waals surface area contributed by atoms with Gasteiger partial charge in [-0.3, -0.25) is 24.2 Å². The molecule has 4 rings (SSSR count). The zero-order valence-electron chi connectivity index (χ0n) is 17.6. The minimum atomic E-state index is 0.0677. The number of hydrogen-bond donors (Lipinski definition) is 0. The molecule has 0 atom stereocenters. The molecule has 0 spiro atoms. The van der Waals surface area contributed by atoms with Crippen LogP contribution in [0.5, 0.6) is 0 Å². The normalized spacial score (nSPS) is 21.2. The van der Waals surface area contributed by atoms with E-state index in [0.717, 1.165) is 57.7 Å². The van der Waals surface area contributed by atoms with E-state index in [4.69, 9.17) is 0 Å². The zero-order chi connectivity index (χ0) is 20.9. The summed E-state index contributed by atoms with van der Waals surface area (Å²) in [5.74, 6) is 0.411. The van der Waals surface area contributed by atoms with E-state index < -0.39 is 0 Å². The molecule has 3 saturated heterocycles. The Kier molecular flexibility index (Phi) is 6.99. The molecule has 164 valence electrons. The zero-order valence-corrected chi connectivity index (χ0v) is 18.4. The van der Waals surface area contributed by atoms with Crippen LogP contribution in [0.3, 0.4) is 0 Å². The van der Waals surface area contributed by atoms with E-state index in [1.807, 2.05) is 15.2 Å². The van der Waals surface area contributed by atoms with Gasteiger partial charge in [-0.15, -0.1) is 11.3 Å². The van der Waals surface area contributed by atoms with Crippen molar-refractivity contribution in [1.29, 1.82) is 0 Å². The lowest BCUT2D eigenvalue weighted by Gasteiger charge is -2.35. The molecule has 9 heteroatoms. The first-order valence-corrected chi connectivity index (χ1v) is 12.0. The molecule has 1 aromatic rings. The van der Waals surface area contributed by atoms with E-state index in [2.05, 4.69) is 9.88 Å². The molecule has 0 saturated carbocycles. The third-order valence-electron chi connectivity index (χ3n) is 6.22. The molecule has 0 radical (unpaired) electrons. The summed E-state index contributed by atoms with van der Waals surface area (Å²) in [6, 6.07) is 0. The molecule has 3 amide bonds. The molecule has 8 nitrogen and oxygen atoms in total. The molecule has 30 heavy (non-hydrogen) atoms. The van der Waals surface area contributed by atoms with E-state index in [9.17, 15) is 14.4 Å². The van der Waals surface area contributed by atoms with Crippen molar-refractivity contribution in [2.45, 2.75) is 44.9 Å². The molecule has 3 aliphatic heterocycles. The van der Waals surface area contributed by atoms with Crippen molar-refractivity contribution in [2.24, 2.45) is 0 Å². The van der Waals surface area contributed by atoms with Crippen LogP contribution in [0.4, 0.5) is 5.13 Å². The number of anilines is 1. The van der Waals surface area contributed by atoms with Crippen molar-refractivity contribution in [3.05, 3.63) is 11.1 Å². The van der Waals surface area contributed by atoms with Gasteiger partial charge in [-0.05, 0) is 19.3 Å². The monoisotopic (exact) mass is 433 g/mol. The van der Waals surface area contributed by atoms with Crippen LogP contribution in [0.2, 0.25) is 0 Å². The summed E-state index contributed by atoms with van der Waals surface area (Å²) in [5.41, 5.74) is 0.735. The van der Waals surface area contributed by atoms with Gasteiger partial charge >= 0.3 is 0 Å². The van der Waals surface area contributed by atoms with Gasteiger partial charge < -0.3 is 9.80 Å². The summed E-state index contributed by atoms with van der Waals surface area (Å²) < 4.78 is 0. The second kappa shape index (κ2) is 9.87. The highest BCUT2D eigenvalue weighted by molar-refractivity contribution is 7.14. The molecule has 0 unspecified atom stereocenters. The van der Waals surface area contributed by atoms with Crippen molar-refractivity contribution in [2.75, 3.05) is 57.3 Å². The second-order valence-corrected chi connectivity index (χ2v) is 9.24. The maximum Gasteiger partial charge on any atom is 0.236 e. The number of piperazine rings is 1. The molecule has 0 bridgehead atoms. The Morgan fingerprint density at radius 3 is 2.23 bits per heavy atom. The Hall–Kier alpha value is -2.00. The Morgan fingerprint density at radius 1 is 0.867 bits per heavy atom. The lowest BCUT2D eigenvalue weighted by molar-refractivity contribution is -0.134. The van der Waals surface area contributed by atoms with Gasteiger partial charge in [-0.25, -0.2) is 4.98 Å². The van der Waals surface area contributed by atoms with Gasteiger partial charge in [0, 0.05) is 57.6 Å². The van der Waals surface area contributed by atoms with Crippen LogP contribution in [0, 0.1) is 0 Å². The molecule has 3 fully saturated rings. The van der Waals surface area contributed by atoms with Crippen LogP contribution in [0.1, 0.15) is 44.2 Å². The van der Waals surface area contributed by atoms with Gasteiger partial charge in [0.05, 0.1) is 18.7 Å². The largest absolute Gasteiger partial charge is 0.342 e. The highest BCUT2D eigenvalue weighted by Gasteiger charge is 2.27. The quantitative estimate of drug-likeness (QED) is 0.701. The van der Waals surface area contributed by atoms with Crippen LogP contribution in [0.15, 0.2) is 5.38 Å². The molecular formula is C21H31N5O3S. The number of rotatable bonds is 5. The van der Waals surface area contributed by atoms with Gasteiger partial charge in [0.1, 0.15) is 0 Å². The minimum absolute atomic E-state index is 0.0677. The van der Waals surface area contributed by atoms with Crippen LogP contribution in [-0.4, -0.2) is 89.8 Å². The number of carbonyl (C=O) groups excluding carboxylic acids is 3. The fraction of sp³-hybridized carbons (Fsp3) is 0.714. The molecular weight excluding hydrogens is 402 g/mol. The Morgan fingerprint density at radius 2 is 1.57 bits per heavy atom.